The van der Waals surface area contributed by atoms with Crippen LogP contribution in [-0.2, 0) is 4.79 Å². The Morgan fingerprint density at radius 3 is 2.12 bits per heavy atom. The Balaban J connectivity index is 3.23. The average molecular weight is 222 g/mol. The fraction of sp³-hybridized carbons (Fsp3) is 0.667. The summed E-state index contributed by atoms with van der Waals surface area (Å²) in [6.45, 7) is 3.89. The molecule has 1 nitrogen and oxygen atoms in total. The van der Waals surface area contributed by atoms with Crippen LogP contribution in [0.5, 0.6) is 0 Å². The molecular weight excluding hydrogens is 196 g/mol. The van der Waals surface area contributed by atoms with Crippen molar-refractivity contribution >= 4 is 5.78 Å². The third-order valence-corrected chi connectivity index (χ3v) is 2.48. The third-order valence-electron chi connectivity index (χ3n) is 2.48. The number of carbonyl (C=O) groups is 1. The lowest BCUT2D eigenvalue weighted by Gasteiger charge is -1.92. The van der Waals surface area contributed by atoms with Crippen LogP contribution in [0.3, 0.4) is 0 Å². The number of carbonyl (C=O) groups excluding carboxylic acids is 1. The minimum Gasteiger partial charge on any atom is -0.300 e. The van der Waals surface area contributed by atoms with E-state index in [2.05, 4.69) is 31.2 Å². The summed E-state index contributed by atoms with van der Waals surface area (Å²) < 4.78 is 0. The molecule has 0 rings (SSSR count). The average Bonchev–Trinajstić information content (AvgIpc) is 2.25. The lowest BCUT2D eigenvalue weighted by atomic mass is 10.1. The van der Waals surface area contributed by atoms with Crippen LogP contribution in [0.2, 0.25) is 0 Å². The molecule has 0 heterocycles. The fourth-order valence-electron chi connectivity index (χ4n) is 1.49. The summed E-state index contributed by atoms with van der Waals surface area (Å²) in [5.41, 5.74) is 0. The van der Waals surface area contributed by atoms with Crippen molar-refractivity contribution in [2.75, 3.05) is 0 Å². The van der Waals surface area contributed by atoms with Gasteiger partial charge in [-0.25, -0.2) is 0 Å². The van der Waals surface area contributed by atoms with Crippen LogP contribution in [0.25, 0.3) is 0 Å². The van der Waals surface area contributed by atoms with E-state index >= 15 is 0 Å². The second-order valence-electron chi connectivity index (χ2n) is 4.27. The van der Waals surface area contributed by atoms with Gasteiger partial charge in [-0.05, 0) is 39.0 Å². The molecule has 0 radical (unpaired) electrons. The van der Waals surface area contributed by atoms with E-state index in [0.717, 1.165) is 25.7 Å². The SMILES string of the molecule is CCCCC/C=C\C/C=C\CCCC(C)=O. The molecule has 0 N–H and O–H groups in total. The lowest BCUT2D eigenvalue weighted by molar-refractivity contribution is -0.117. The van der Waals surface area contributed by atoms with Gasteiger partial charge in [0.25, 0.3) is 0 Å². The maximum atomic E-state index is 10.7. The normalized spacial score (nSPS) is 11.6. The monoisotopic (exact) mass is 222 g/mol. The number of ketones is 1. The lowest BCUT2D eigenvalue weighted by Crippen LogP contribution is -1.87. The first-order valence-corrected chi connectivity index (χ1v) is 6.56. The van der Waals surface area contributed by atoms with Gasteiger partial charge in [-0.3, -0.25) is 0 Å². The Labute approximate surface area is 101 Å². The van der Waals surface area contributed by atoms with E-state index < -0.39 is 0 Å². The standard InChI is InChI=1S/C15H26O/c1-3-4-5-6-7-8-9-10-11-12-13-14-15(2)16/h7-8,10-11H,3-6,9,12-14H2,1-2H3/b8-7-,11-10-. The second kappa shape index (κ2) is 12.2. The molecule has 16 heavy (non-hydrogen) atoms. The first-order valence-electron chi connectivity index (χ1n) is 6.56. The van der Waals surface area contributed by atoms with E-state index in [1.165, 1.54) is 25.7 Å². The zero-order chi connectivity index (χ0) is 12.1. The molecule has 0 saturated carbocycles. The second-order valence-corrected chi connectivity index (χ2v) is 4.27. The molecule has 0 bridgehead atoms. The molecule has 0 aliphatic carbocycles. The van der Waals surface area contributed by atoms with Crippen molar-refractivity contribution in [1.82, 2.24) is 0 Å². The maximum Gasteiger partial charge on any atom is 0.129 e. The summed E-state index contributed by atoms with van der Waals surface area (Å²) in [5, 5.41) is 0. The molecule has 0 aromatic carbocycles. The van der Waals surface area contributed by atoms with E-state index in [1.54, 1.807) is 6.92 Å². The van der Waals surface area contributed by atoms with Crippen molar-refractivity contribution in [2.45, 2.75) is 65.2 Å². The first-order chi connectivity index (χ1) is 7.77. The molecule has 0 aromatic heterocycles. The van der Waals surface area contributed by atoms with E-state index in [4.69, 9.17) is 0 Å². The molecule has 0 unspecified atom stereocenters. The molecule has 0 fully saturated rings. The molecule has 0 aromatic rings. The topological polar surface area (TPSA) is 17.1 Å². The number of rotatable bonds is 10. The van der Waals surface area contributed by atoms with Crippen LogP contribution in [0.4, 0.5) is 0 Å². The van der Waals surface area contributed by atoms with E-state index in [1.807, 2.05) is 0 Å². The highest BCUT2D eigenvalue weighted by Gasteiger charge is 1.89. The predicted octanol–water partition coefficient (Wildman–Crippen LogP) is 4.83. The van der Waals surface area contributed by atoms with Gasteiger partial charge in [0, 0.05) is 6.42 Å². The summed E-state index contributed by atoms with van der Waals surface area (Å²) in [6, 6.07) is 0. The minimum absolute atomic E-state index is 0.296. The minimum atomic E-state index is 0.296. The number of hydrogen-bond acceptors (Lipinski definition) is 1. The molecular formula is C15H26O. The van der Waals surface area contributed by atoms with Gasteiger partial charge < -0.3 is 4.79 Å². The first kappa shape index (κ1) is 15.2. The largest absolute Gasteiger partial charge is 0.300 e. The van der Waals surface area contributed by atoms with Crippen molar-refractivity contribution < 1.29 is 4.79 Å². The van der Waals surface area contributed by atoms with Gasteiger partial charge in [-0.2, -0.15) is 0 Å². The van der Waals surface area contributed by atoms with Crippen LogP contribution in [0.15, 0.2) is 24.3 Å². The van der Waals surface area contributed by atoms with Gasteiger partial charge in [0.15, 0.2) is 0 Å². The Morgan fingerprint density at radius 1 is 0.938 bits per heavy atom. The van der Waals surface area contributed by atoms with Crippen LogP contribution in [0, 0.1) is 0 Å². The van der Waals surface area contributed by atoms with E-state index in [-0.39, 0.29) is 0 Å². The van der Waals surface area contributed by atoms with Crippen LogP contribution in [-0.4, -0.2) is 5.78 Å². The van der Waals surface area contributed by atoms with Crippen molar-refractivity contribution in [3.8, 4) is 0 Å². The summed E-state index contributed by atoms with van der Waals surface area (Å²) in [5.74, 6) is 0.296. The van der Waals surface area contributed by atoms with Crippen molar-refractivity contribution in [1.29, 1.82) is 0 Å². The number of hydrogen-bond donors (Lipinski definition) is 0. The Hall–Kier alpha value is -0.850. The fourth-order valence-corrected chi connectivity index (χ4v) is 1.49. The van der Waals surface area contributed by atoms with Crippen molar-refractivity contribution in [3.63, 3.8) is 0 Å². The molecule has 0 atom stereocenters. The Bertz CT molecular complexity index is 213. The zero-order valence-corrected chi connectivity index (χ0v) is 10.9. The number of Topliss-reactive ketones (excluding diaryl/α,β-unsaturated/α-hetero) is 1. The smallest absolute Gasteiger partial charge is 0.129 e. The summed E-state index contributed by atoms with van der Waals surface area (Å²) >= 11 is 0. The van der Waals surface area contributed by atoms with Crippen LogP contribution in [0.1, 0.15) is 65.2 Å². The highest BCUT2D eigenvalue weighted by molar-refractivity contribution is 5.75. The van der Waals surface area contributed by atoms with Crippen molar-refractivity contribution in [2.24, 2.45) is 0 Å². The highest BCUT2D eigenvalue weighted by Crippen LogP contribution is 2.01. The van der Waals surface area contributed by atoms with Gasteiger partial charge in [0.1, 0.15) is 5.78 Å². The molecule has 0 aliphatic heterocycles. The van der Waals surface area contributed by atoms with Crippen molar-refractivity contribution in [3.05, 3.63) is 24.3 Å². The van der Waals surface area contributed by atoms with Gasteiger partial charge in [0.2, 0.25) is 0 Å². The zero-order valence-electron chi connectivity index (χ0n) is 10.9. The van der Waals surface area contributed by atoms with Crippen LogP contribution < -0.4 is 0 Å². The summed E-state index contributed by atoms with van der Waals surface area (Å²) in [6.07, 6.45) is 17.8. The molecule has 1 heteroatoms. The quantitative estimate of drug-likeness (QED) is 0.382. The Kier molecular flexibility index (Phi) is 11.6. The summed E-state index contributed by atoms with van der Waals surface area (Å²) in [4.78, 5) is 10.7. The molecule has 92 valence electrons. The highest BCUT2D eigenvalue weighted by atomic mass is 16.1. The van der Waals surface area contributed by atoms with Gasteiger partial charge in [-0.1, -0.05) is 44.1 Å². The van der Waals surface area contributed by atoms with E-state index in [9.17, 15) is 4.79 Å². The van der Waals surface area contributed by atoms with Gasteiger partial charge in [-0.15, -0.1) is 0 Å². The molecule has 0 aliphatic rings. The number of unbranched alkanes of at least 4 members (excludes halogenated alkanes) is 4. The van der Waals surface area contributed by atoms with E-state index in [0.29, 0.717) is 5.78 Å². The maximum absolute atomic E-state index is 10.7. The molecule has 0 saturated heterocycles. The van der Waals surface area contributed by atoms with Gasteiger partial charge >= 0.3 is 0 Å². The van der Waals surface area contributed by atoms with Gasteiger partial charge in [0.05, 0.1) is 0 Å². The summed E-state index contributed by atoms with van der Waals surface area (Å²) in [7, 11) is 0. The number of allylic oxidation sites excluding steroid dienone is 4. The Morgan fingerprint density at radius 2 is 1.56 bits per heavy atom. The third kappa shape index (κ3) is 13.2. The predicted molar refractivity (Wildman–Crippen MR) is 71.6 cm³/mol. The van der Waals surface area contributed by atoms with Crippen LogP contribution >= 0.6 is 0 Å². The molecule has 0 amide bonds. The molecule has 0 spiro atoms.